The molecule has 0 aliphatic carbocycles. The summed E-state index contributed by atoms with van der Waals surface area (Å²) in [6.07, 6.45) is 19.3. The lowest BCUT2D eigenvalue weighted by Crippen LogP contribution is -2.37. The van der Waals surface area contributed by atoms with E-state index in [1.54, 1.807) is 0 Å². The second kappa shape index (κ2) is 10.9. The molecule has 3 N–H and O–H groups in total. The molecular formula is C24H37N5O. The van der Waals surface area contributed by atoms with Gasteiger partial charge in [-0.1, -0.05) is 26.2 Å². The molecule has 1 fully saturated rings. The highest BCUT2D eigenvalue weighted by Gasteiger charge is 2.22. The molecule has 4 rings (SSSR count). The Morgan fingerprint density at radius 2 is 2.07 bits per heavy atom. The Hall–Kier alpha value is -1.92. The van der Waals surface area contributed by atoms with Crippen molar-refractivity contribution in [1.82, 2.24) is 20.5 Å². The molecule has 4 heterocycles. The van der Waals surface area contributed by atoms with Crippen LogP contribution in [-0.2, 0) is 11.2 Å². The first-order chi connectivity index (χ1) is 14.8. The van der Waals surface area contributed by atoms with Crippen molar-refractivity contribution in [3.63, 3.8) is 0 Å². The zero-order valence-electron chi connectivity index (χ0n) is 18.3. The maximum Gasteiger partial charge on any atom is 0.133 e. The zero-order valence-corrected chi connectivity index (χ0v) is 18.3. The van der Waals surface area contributed by atoms with Gasteiger partial charge in [0.2, 0.25) is 0 Å². The molecule has 0 aromatic carbocycles. The van der Waals surface area contributed by atoms with Gasteiger partial charge in [-0.15, -0.1) is 0 Å². The number of ether oxygens (including phenoxy) is 1. The van der Waals surface area contributed by atoms with Crippen molar-refractivity contribution in [2.45, 2.75) is 70.8 Å². The number of aromatic nitrogens is 3. The minimum absolute atomic E-state index is 0.536. The number of H-pyrrole nitrogens is 2. The lowest BCUT2D eigenvalue weighted by atomic mass is 9.88. The average Bonchev–Trinajstić information content (AvgIpc) is 3.45. The van der Waals surface area contributed by atoms with Crippen molar-refractivity contribution in [2.75, 3.05) is 19.8 Å². The van der Waals surface area contributed by atoms with Gasteiger partial charge in [-0.2, -0.15) is 5.10 Å². The number of aliphatic imine (C=N–C) groups is 1. The molecule has 2 atom stereocenters. The Balaban J connectivity index is 1.25. The summed E-state index contributed by atoms with van der Waals surface area (Å²) in [5.74, 6) is 2.34. The number of rotatable bonds is 11. The van der Waals surface area contributed by atoms with Crippen LogP contribution >= 0.6 is 0 Å². The van der Waals surface area contributed by atoms with E-state index >= 15 is 0 Å². The third-order valence-electron chi connectivity index (χ3n) is 6.72. The molecule has 2 aliphatic heterocycles. The van der Waals surface area contributed by atoms with E-state index < -0.39 is 0 Å². The van der Waals surface area contributed by atoms with Crippen molar-refractivity contribution in [1.29, 1.82) is 0 Å². The molecule has 2 aromatic rings. The van der Waals surface area contributed by atoms with Crippen LogP contribution < -0.4 is 5.32 Å². The fourth-order valence-electron chi connectivity index (χ4n) is 4.84. The van der Waals surface area contributed by atoms with E-state index in [2.05, 4.69) is 39.8 Å². The Bertz CT molecular complexity index is 776. The maximum atomic E-state index is 5.49. The molecule has 0 spiro atoms. The molecule has 30 heavy (non-hydrogen) atoms. The van der Waals surface area contributed by atoms with Gasteiger partial charge in [-0.25, -0.2) is 4.99 Å². The molecule has 2 aromatic heterocycles. The first-order valence-electron chi connectivity index (χ1n) is 11.9. The quantitative estimate of drug-likeness (QED) is 0.485. The highest BCUT2D eigenvalue weighted by molar-refractivity contribution is 5.77. The van der Waals surface area contributed by atoms with Crippen LogP contribution in [0.15, 0.2) is 23.6 Å². The molecule has 6 nitrogen and oxygen atoms in total. The maximum absolute atomic E-state index is 5.49. The van der Waals surface area contributed by atoms with E-state index in [1.807, 2.05) is 12.4 Å². The molecule has 0 bridgehead atoms. The Morgan fingerprint density at radius 1 is 1.20 bits per heavy atom. The van der Waals surface area contributed by atoms with Crippen LogP contribution in [0, 0.1) is 11.8 Å². The number of nitrogens with one attached hydrogen (secondary N) is 3. The summed E-state index contributed by atoms with van der Waals surface area (Å²) in [4.78, 5) is 8.04. The molecule has 6 heteroatoms. The first kappa shape index (κ1) is 21.3. The van der Waals surface area contributed by atoms with Crippen LogP contribution in [0.1, 0.15) is 63.9 Å². The number of fused-ring (bicyclic) bond motifs is 1. The largest absolute Gasteiger partial charge is 0.381 e. The third-order valence-corrected chi connectivity index (χ3v) is 6.72. The van der Waals surface area contributed by atoms with Crippen LogP contribution in [-0.4, -0.2) is 47.2 Å². The van der Waals surface area contributed by atoms with Gasteiger partial charge in [0.25, 0.3) is 0 Å². The van der Waals surface area contributed by atoms with Gasteiger partial charge in [-0.05, 0) is 56.9 Å². The first-order valence-corrected chi connectivity index (χ1v) is 11.9. The van der Waals surface area contributed by atoms with Crippen LogP contribution in [0.5, 0.6) is 0 Å². The summed E-state index contributed by atoms with van der Waals surface area (Å²) in [6, 6.07) is 0.654. The van der Waals surface area contributed by atoms with E-state index in [1.165, 1.54) is 49.7 Å². The molecule has 0 amide bonds. The summed E-state index contributed by atoms with van der Waals surface area (Å²) in [6.45, 7) is 5.30. The second-order valence-corrected chi connectivity index (χ2v) is 8.99. The zero-order chi connectivity index (χ0) is 20.6. The SMILES string of the molecule is CCCCC(CCCC1C=Nc2[nH]cc(-c3cn[nH]c3)c2C1)CNC1CCOCC1. The van der Waals surface area contributed by atoms with Crippen molar-refractivity contribution in [3.05, 3.63) is 24.2 Å². The average molecular weight is 412 g/mol. The highest BCUT2D eigenvalue weighted by Crippen LogP contribution is 2.35. The standard InChI is InChI=1S/C24H37N5O/c1-2-3-5-18(13-25-21-8-10-30-11-9-21)6-4-7-19-12-22-23(20-15-28-29-16-20)17-27-24(22)26-14-19/h14-19,21,25,27H,2-13H2,1H3,(H,28,29). The highest BCUT2D eigenvalue weighted by atomic mass is 16.5. The van der Waals surface area contributed by atoms with Crippen molar-refractivity contribution in [3.8, 4) is 11.1 Å². The molecule has 164 valence electrons. The summed E-state index contributed by atoms with van der Waals surface area (Å²) in [5, 5.41) is 10.9. The topological polar surface area (TPSA) is 78.1 Å². The normalized spacial score (nSPS) is 20.4. The molecule has 2 aliphatic rings. The molecular weight excluding hydrogens is 374 g/mol. The van der Waals surface area contributed by atoms with E-state index in [0.29, 0.717) is 12.0 Å². The van der Waals surface area contributed by atoms with E-state index in [4.69, 9.17) is 9.73 Å². The fourth-order valence-corrected chi connectivity index (χ4v) is 4.84. The Labute approximate surface area is 180 Å². The Morgan fingerprint density at radius 3 is 2.87 bits per heavy atom. The molecule has 1 saturated heterocycles. The number of hydrogen-bond acceptors (Lipinski definition) is 4. The molecule has 0 radical (unpaired) electrons. The van der Waals surface area contributed by atoms with Gasteiger partial charge in [0, 0.05) is 54.6 Å². The van der Waals surface area contributed by atoms with E-state index in [9.17, 15) is 0 Å². The summed E-state index contributed by atoms with van der Waals surface area (Å²) < 4.78 is 5.49. The Kier molecular flexibility index (Phi) is 7.76. The van der Waals surface area contributed by atoms with Crippen LogP contribution in [0.2, 0.25) is 0 Å². The van der Waals surface area contributed by atoms with Crippen LogP contribution in [0.25, 0.3) is 11.1 Å². The number of hydrogen-bond donors (Lipinski definition) is 3. The minimum atomic E-state index is 0.536. The predicted octanol–water partition coefficient (Wildman–Crippen LogP) is 5.02. The van der Waals surface area contributed by atoms with Crippen LogP contribution in [0.3, 0.4) is 0 Å². The van der Waals surface area contributed by atoms with Crippen LogP contribution in [0.4, 0.5) is 5.82 Å². The smallest absolute Gasteiger partial charge is 0.133 e. The summed E-state index contributed by atoms with van der Waals surface area (Å²) >= 11 is 0. The van der Waals surface area contributed by atoms with Gasteiger partial charge in [0.1, 0.15) is 5.82 Å². The number of aromatic amines is 2. The van der Waals surface area contributed by atoms with E-state index in [-0.39, 0.29) is 0 Å². The van der Waals surface area contributed by atoms with Gasteiger partial charge in [0.15, 0.2) is 0 Å². The van der Waals surface area contributed by atoms with Gasteiger partial charge >= 0.3 is 0 Å². The van der Waals surface area contributed by atoms with E-state index in [0.717, 1.165) is 56.3 Å². The summed E-state index contributed by atoms with van der Waals surface area (Å²) in [7, 11) is 0. The van der Waals surface area contributed by atoms with Gasteiger partial charge < -0.3 is 15.0 Å². The predicted molar refractivity (Wildman–Crippen MR) is 122 cm³/mol. The lowest BCUT2D eigenvalue weighted by Gasteiger charge is -2.26. The van der Waals surface area contributed by atoms with Gasteiger partial charge in [0.05, 0.1) is 6.20 Å². The monoisotopic (exact) mass is 411 g/mol. The second-order valence-electron chi connectivity index (χ2n) is 8.99. The van der Waals surface area contributed by atoms with Gasteiger partial charge in [-0.3, -0.25) is 5.10 Å². The van der Waals surface area contributed by atoms with Crippen molar-refractivity contribution < 1.29 is 4.74 Å². The minimum Gasteiger partial charge on any atom is -0.381 e. The van der Waals surface area contributed by atoms with Crippen molar-refractivity contribution >= 4 is 12.0 Å². The fraction of sp³-hybridized carbons (Fsp3) is 0.667. The lowest BCUT2D eigenvalue weighted by molar-refractivity contribution is 0.0766. The van der Waals surface area contributed by atoms with Crippen molar-refractivity contribution in [2.24, 2.45) is 16.8 Å². The number of nitrogens with zero attached hydrogens (tertiary/aromatic N) is 2. The molecule has 2 unspecified atom stereocenters. The third kappa shape index (κ3) is 5.61. The summed E-state index contributed by atoms with van der Waals surface area (Å²) in [5.41, 5.74) is 3.72. The number of unbranched alkanes of at least 4 members (excludes halogenated alkanes) is 1. The molecule has 0 saturated carbocycles.